The molecule has 0 unspecified atom stereocenters. The zero-order valence-corrected chi connectivity index (χ0v) is 18.1. The van der Waals surface area contributed by atoms with Gasteiger partial charge in [-0.25, -0.2) is 9.78 Å². The van der Waals surface area contributed by atoms with Crippen molar-refractivity contribution in [3.05, 3.63) is 36.9 Å². The van der Waals surface area contributed by atoms with E-state index in [-0.39, 0.29) is 5.92 Å². The van der Waals surface area contributed by atoms with Gasteiger partial charge >= 0.3 is 12.3 Å². The molecule has 12 heteroatoms. The lowest BCUT2D eigenvalue weighted by molar-refractivity contribution is -0.139. The number of nitrogens with zero attached hydrogens (tertiary/aromatic N) is 2. The Hall–Kier alpha value is -3.83. The highest BCUT2D eigenvalue weighted by atomic mass is 19.4. The number of aromatic nitrogens is 3. The number of fused-ring (bicyclic) bond motifs is 1. The predicted octanol–water partition coefficient (Wildman–Crippen LogP) is 3.92. The Labute approximate surface area is 187 Å². The smallest absolute Gasteiger partial charge is 0.411 e. The number of pyridine rings is 2. The molecule has 3 rings (SSSR count). The van der Waals surface area contributed by atoms with Crippen molar-refractivity contribution in [3.63, 3.8) is 0 Å². The summed E-state index contributed by atoms with van der Waals surface area (Å²) in [6.07, 6.45) is 1.14. The van der Waals surface area contributed by atoms with E-state index in [9.17, 15) is 22.8 Å². The van der Waals surface area contributed by atoms with Crippen molar-refractivity contribution < 1.29 is 27.5 Å². The Morgan fingerprint density at radius 1 is 1.15 bits per heavy atom. The molecule has 0 bridgehead atoms. The third-order valence-corrected chi connectivity index (χ3v) is 4.75. The maximum Gasteiger partial charge on any atom is 0.411 e. The molecule has 0 aliphatic carbocycles. The van der Waals surface area contributed by atoms with E-state index in [2.05, 4.69) is 30.3 Å². The molecule has 3 aromatic heterocycles. The maximum absolute atomic E-state index is 12.5. The maximum atomic E-state index is 12.5. The third kappa shape index (κ3) is 6.11. The summed E-state index contributed by atoms with van der Waals surface area (Å²) in [6.45, 7) is 2.05. The van der Waals surface area contributed by atoms with E-state index >= 15 is 0 Å². The monoisotopic (exact) mass is 464 g/mol. The lowest BCUT2D eigenvalue weighted by atomic mass is 10.0. The molecular weight excluding hydrogens is 441 g/mol. The number of methoxy groups -OCH3 is 1. The first-order chi connectivity index (χ1) is 15.6. The topological polar surface area (TPSA) is 121 Å². The molecule has 2 amide bonds. The number of halogens is 3. The molecular formula is C21H23F3N6O3. The van der Waals surface area contributed by atoms with E-state index in [1.807, 2.05) is 5.32 Å². The van der Waals surface area contributed by atoms with Crippen LogP contribution in [0.15, 0.2) is 36.9 Å². The summed E-state index contributed by atoms with van der Waals surface area (Å²) in [6, 6.07) is 2.54. The highest BCUT2D eigenvalue weighted by Crippen LogP contribution is 2.30. The van der Waals surface area contributed by atoms with Crippen molar-refractivity contribution >= 4 is 34.4 Å². The first-order valence-corrected chi connectivity index (χ1v) is 9.96. The highest BCUT2D eigenvalue weighted by Gasteiger charge is 2.30. The van der Waals surface area contributed by atoms with E-state index in [1.54, 1.807) is 38.4 Å². The summed E-state index contributed by atoms with van der Waals surface area (Å²) in [5, 5.41) is 8.13. The Balaban J connectivity index is 1.85. The SMILES string of the molecule is COC(=O)Nc1cnc2[nH]cc(-c3cncc(N[C@@H](C(=O)NCC(F)(F)F)C(C)C)c3)c2c1. The quantitative estimate of drug-likeness (QED) is 0.421. The standard InChI is InChI=1S/C21H23F3N6O3/c1-11(2)17(19(31)28-10-21(22,23)24)29-13-4-12(6-25-7-13)16-9-27-18-15(16)5-14(8-26-18)30-20(32)33-3/h4-9,11,17,29H,10H2,1-3H3,(H,26,27)(H,28,31)(H,30,32)/t17-/m1/s1. The van der Waals surface area contributed by atoms with Crippen molar-refractivity contribution in [2.75, 3.05) is 24.3 Å². The molecule has 0 spiro atoms. The summed E-state index contributed by atoms with van der Waals surface area (Å²) in [4.78, 5) is 35.3. The number of carbonyl (C=O) groups excluding carboxylic acids is 2. The van der Waals surface area contributed by atoms with Gasteiger partial charge in [0.1, 0.15) is 18.2 Å². The average Bonchev–Trinajstić information content (AvgIpc) is 3.18. The minimum atomic E-state index is -4.50. The highest BCUT2D eigenvalue weighted by molar-refractivity contribution is 5.97. The minimum absolute atomic E-state index is 0.286. The van der Waals surface area contributed by atoms with E-state index in [0.29, 0.717) is 28.0 Å². The summed E-state index contributed by atoms with van der Waals surface area (Å²) in [5.41, 5.74) is 2.86. The van der Waals surface area contributed by atoms with Gasteiger partial charge in [0.25, 0.3) is 0 Å². The van der Waals surface area contributed by atoms with Gasteiger partial charge in [-0.05, 0) is 18.1 Å². The van der Waals surface area contributed by atoms with Crippen LogP contribution in [0.25, 0.3) is 22.2 Å². The Bertz CT molecular complexity index is 1150. The van der Waals surface area contributed by atoms with Crippen molar-refractivity contribution in [3.8, 4) is 11.1 Å². The van der Waals surface area contributed by atoms with Gasteiger partial charge in [0.2, 0.25) is 5.91 Å². The van der Waals surface area contributed by atoms with E-state index < -0.39 is 30.8 Å². The van der Waals surface area contributed by atoms with Crippen LogP contribution < -0.4 is 16.0 Å². The van der Waals surface area contributed by atoms with Crippen molar-refractivity contribution in [2.24, 2.45) is 5.92 Å². The van der Waals surface area contributed by atoms with E-state index in [0.717, 1.165) is 5.56 Å². The second-order valence-corrected chi connectivity index (χ2v) is 7.60. The van der Waals surface area contributed by atoms with Crippen LogP contribution >= 0.6 is 0 Å². The molecule has 9 nitrogen and oxygen atoms in total. The molecule has 0 saturated carbocycles. The number of rotatable bonds is 7. The molecule has 1 atom stereocenters. The first-order valence-electron chi connectivity index (χ1n) is 9.96. The number of amides is 2. The van der Waals surface area contributed by atoms with Gasteiger partial charge in [-0.15, -0.1) is 0 Å². The van der Waals surface area contributed by atoms with Gasteiger partial charge in [-0.1, -0.05) is 13.8 Å². The third-order valence-electron chi connectivity index (χ3n) is 4.75. The Morgan fingerprint density at radius 2 is 1.91 bits per heavy atom. The van der Waals surface area contributed by atoms with Gasteiger partial charge < -0.3 is 20.4 Å². The summed E-state index contributed by atoms with van der Waals surface area (Å²) < 4.78 is 42.0. The van der Waals surface area contributed by atoms with Crippen LogP contribution in [0.3, 0.4) is 0 Å². The molecule has 0 aliphatic heterocycles. The van der Waals surface area contributed by atoms with Gasteiger partial charge in [-0.2, -0.15) is 13.2 Å². The number of hydrogen-bond donors (Lipinski definition) is 4. The zero-order valence-electron chi connectivity index (χ0n) is 18.1. The Kier molecular flexibility index (Phi) is 7.04. The lowest BCUT2D eigenvalue weighted by Gasteiger charge is -2.23. The molecule has 176 valence electrons. The summed E-state index contributed by atoms with van der Waals surface area (Å²) >= 11 is 0. The van der Waals surface area contributed by atoms with Gasteiger partial charge in [0.15, 0.2) is 0 Å². The van der Waals surface area contributed by atoms with Crippen LogP contribution in [-0.2, 0) is 9.53 Å². The molecule has 3 aromatic rings. The van der Waals surface area contributed by atoms with Crippen molar-refractivity contribution in [1.29, 1.82) is 0 Å². The van der Waals surface area contributed by atoms with Crippen molar-refractivity contribution in [2.45, 2.75) is 26.1 Å². The van der Waals surface area contributed by atoms with Gasteiger partial charge in [0, 0.05) is 35.1 Å². The molecule has 0 radical (unpaired) electrons. The number of ether oxygens (including phenoxy) is 1. The second kappa shape index (κ2) is 9.76. The zero-order chi connectivity index (χ0) is 24.2. The Morgan fingerprint density at radius 3 is 2.58 bits per heavy atom. The number of anilines is 2. The second-order valence-electron chi connectivity index (χ2n) is 7.60. The number of alkyl halides is 3. The normalized spacial score (nSPS) is 12.5. The largest absolute Gasteiger partial charge is 0.453 e. The van der Waals surface area contributed by atoms with Crippen LogP contribution in [0.2, 0.25) is 0 Å². The van der Waals surface area contributed by atoms with Crippen LogP contribution in [0.1, 0.15) is 13.8 Å². The van der Waals surface area contributed by atoms with Gasteiger partial charge in [0.05, 0.1) is 24.7 Å². The molecule has 0 aliphatic rings. The minimum Gasteiger partial charge on any atom is -0.453 e. The van der Waals surface area contributed by atoms with Crippen LogP contribution in [0.5, 0.6) is 0 Å². The number of nitrogens with one attached hydrogen (secondary N) is 4. The van der Waals surface area contributed by atoms with Gasteiger partial charge in [-0.3, -0.25) is 15.1 Å². The molecule has 0 saturated heterocycles. The fraction of sp³-hybridized carbons (Fsp3) is 0.333. The lowest BCUT2D eigenvalue weighted by Crippen LogP contribution is -2.46. The van der Waals surface area contributed by atoms with Crippen LogP contribution in [-0.4, -0.2) is 52.8 Å². The summed E-state index contributed by atoms with van der Waals surface area (Å²) in [5.74, 6) is -1.05. The fourth-order valence-electron chi connectivity index (χ4n) is 3.16. The van der Waals surface area contributed by atoms with Crippen LogP contribution in [0, 0.1) is 5.92 Å². The summed E-state index contributed by atoms with van der Waals surface area (Å²) in [7, 11) is 1.25. The molecule has 4 N–H and O–H groups in total. The molecule has 0 fully saturated rings. The number of aromatic amines is 1. The van der Waals surface area contributed by atoms with Crippen molar-refractivity contribution in [1.82, 2.24) is 20.3 Å². The van der Waals surface area contributed by atoms with E-state index in [1.165, 1.54) is 19.5 Å². The molecule has 3 heterocycles. The first kappa shape index (κ1) is 23.8. The molecule has 0 aromatic carbocycles. The fourth-order valence-corrected chi connectivity index (χ4v) is 3.16. The van der Waals surface area contributed by atoms with E-state index in [4.69, 9.17) is 0 Å². The number of carbonyl (C=O) groups is 2. The number of H-pyrrole nitrogens is 1. The number of hydrogen-bond acceptors (Lipinski definition) is 6. The predicted molar refractivity (Wildman–Crippen MR) is 117 cm³/mol. The molecule has 33 heavy (non-hydrogen) atoms. The average molecular weight is 464 g/mol. The van der Waals surface area contributed by atoms with Crippen LogP contribution in [0.4, 0.5) is 29.3 Å².